The van der Waals surface area contributed by atoms with Crippen molar-refractivity contribution in [1.82, 2.24) is 9.80 Å². The molecule has 1 fully saturated rings. The van der Waals surface area contributed by atoms with Crippen LogP contribution in [0.3, 0.4) is 0 Å². The Morgan fingerprint density at radius 2 is 1.71 bits per heavy atom. The number of carbonyl (C=O) groups excluding carboxylic acids is 1. The lowest BCUT2D eigenvalue weighted by atomic mass is 9.74. The van der Waals surface area contributed by atoms with Gasteiger partial charge >= 0.3 is 6.18 Å². The summed E-state index contributed by atoms with van der Waals surface area (Å²) in [5.74, 6) is -0.381. The highest BCUT2D eigenvalue weighted by molar-refractivity contribution is 7.92. The Hall–Kier alpha value is -2.79. The van der Waals surface area contributed by atoms with Crippen molar-refractivity contribution in [3.63, 3.8) is 0 Å². The van der Waals surface area contributed by atoms with Crippen LogP contribution in [0, 0.1) is 0 Å². The number of benzene rings is 3. The second-order valence-corrected chi connectivity index (χ2v) is 14.9. The largest absolute Gasteiger partial charge is 0.416 e. The van der Waals surface area contributed by atoms with Gasteiger partial charge in [0.2, 0.25) is 15.9 Å². The molecular weight excluding hydrogens is 646 g/mol. The van der Waals surface area contributed by atoms with Gasteiger partial charge in [0.15, 0.2) is 0 Å². The predicted molar refractivity (Wildman–Crippen MR) is 173 cm³/mol. The summed E-state index contributed by atoms with van der Waals surface area (Å²) >= 11 is 12.5. The van der Waals surface area contributed by atoms with Crippen molar-refractivity contribution in [3.05, 3.63) is 99.0 Å². The summed E-state index contributed by atoms with van der Waals surface area (Å²) in [6.07, 6.45) is -1.02. The summed E-state index contributed by atoms with van der Waals surface area (Å²) in [5, 5.41) is 0.835. The van der Waals surface area contributed by atoms with E-state index in [1.54, 1.807) is 24.1 Å². The molecule has 0 aromatic heterocycles. The van der Waals surface area contributed by atoms with Crippen molar-refractivity contribution < 1.29 is 26.4 Å². The first-order chi connectivity index (χ1) is 21.2. The lowest BCUT2D eigenvalue weighted by Crippen LogP contribution is -2.46. The van der Waals surface area contributed by atoms with E-state index in [0.29, 0.717) is 35.1 Å². The van der Waals surface area contributed by atoms with E-state index in [1.807, 2.05) is 30.3 Å². The Balaban J connectivity index is 1.26. The highest BCUT2D eigenvalue weighted by Crippen LogP contribution is 2.48. The zero-order valence-corrected chi connectivity index (χ0v) is 27.5. The zero-order valence-electron chi connectivity index (χ0n) is 25.2. The summed E-state index contributed by atoms with van der Waals surface area (Å²) in [4.78, 5) is 17.1. The van der Waals surface area contributed by atoms with Crippen molar-refractivity contribution in [2.45, 2.75) is 43.2 Å². The second kappa shape index (κ2) is 13.1. The molecule has 1 spiro atoms. The molecule has 0 radical (unpaired) electrons. The molecule has 0 unspecified atom stereocenters. The van der Waals surface area contributed by atoms with Gasteiger partial charge in [0, 0.05) is 31.5 Å². The molecule has 0 aliphatic carbocycles. The molecule has 6 nitrogen and oxygen atoms in total. The number of amides is 1. The van der Waals surface area contributed by atoms with E-state index >= 15 is 0 Å². The monoisotopic (exact) mass is 681 g/mol. The van der Waals surface area contributed by atoms with Gasteiger partial charge in [0.05, 0.1) is 34.0 Å². The van der Waals surface area contributed by atoms with Crippen LogP contribution in [0.4, 0.5) is 18.9 Å². The van der Waals surface area contributed by atoms with Crippen LogP contribution >= 0.6 is 23.2 Å². The molecule has 0 bridgehead atoms. The maximum absolute atomic E-state index is 13.2. The number of nitrogens with zero attached hydrogens (tertiary/aromatic N) is 3. The fourth-order valence-corrected chi connectivity index (χ4v) is 7.89. The van der Waals surface area contributed by atoms with E-state index in [4.69, 9.17) is 23.2 Å². The Morgan fingerprint density at radius 1 is 1.00 bits per heavy atom. The molecule has 3 aromatic rings. The molecule has 3 aromatic carbocycles. The molecule has 1 amide bonds. The number of rotatable bonds is 9. The number of hydrogen-bond acceptors (Lipinski definition) is 4. The molecule has 1 atom stereocenters. The van der Waals surface area contributed by atoms with Crippen LogP contribution in [-0.4, -0.2) is 70.2 Å². The van der Waals surface area contributed by atoms with Crippen molar-refractivity contribution in [3.8, 4) is 0 Å². The first kappa shape index (κ1) is 33.6. The van der Waals surface area contributed by atoms with Crippen LogP contribution in [0.1, 0.15) is 47.4 Å². The Labute approximate surface area is 272 Å². The third-order valence-electron chi connectivity index (χ3n) is 9.14. The third-order valence-corrected chi connectivity index (χ3v) is 11.0. The van der Waals surface area contributed by atoms with Gasteiger partial charge < -0.3 is 9.80 Å². The average Bonchev–Trinajstić information content (AvgIpc) is 3.31. The van der Waals surface area contributed by atoms with E-state index in [9.17, 15) is 26.4 Å². The number of likely N-dealkylation sites (N-methyl/N-ethyl adjacent to an activating group) is 1. The van der Waals surface area contributed by atoms with E-state index in [1.165, 1.54) is 22.7 Å². The molecular formula is C33H36Cl2F3N3O3S. The quantitative estimate of drug-likeness (QED) is 0.244. The van der Waals surface area contributed by atoms with Crippen molar-refractivity contribution >= 4 is 44.8 Å². The average molecular weight is 683 g/mol. The summed E-state index contributed by atoms with van der Waals surface area (Å²) in [5.41, 5.74) is 2.08. The fraction of sp³-hybridized carbons (Fsp3) is 0.424. The zero-order chi connectivity index (χ0) is 32.6. The number of para-hydroxylation sites is 1. The molecule has 0 saturated carbocycles. The smallest absolute Gasteiger partial charge is 0.345 e. The minimum absolute atomic E-state index is 0.0981. The van der Waals surface area contributed by atoms with E-state index in [0.717, 1.165) is 61.4 Å². The highest BCUT2D eigenvalue weighted by atomic mass is 35.5. The summed E-state index contributed by atoms with van der Waals surface area (Å²) in [6.45, 7) is 3.14. The van der Waals surface area contributed by atoms with Crippen LogP contribution in [0.2, 0.25) is 10.0 Å². The first-order valence-corrected chi connectivity index (χ1v) is 17.4. The van der Waals surface area contributed by atoms with Gasteiger partial charge in [0.1, 0.15) is 0 Å². The molecule has 12 heteroatoms. The van der Waals surface area contributed by atoms with Gasteiger partial charge in [-0.3, -0.25) is 9.10 Å². The minimum atomic E-state index is -4.48. The van der Waals surface area contributed by atoms with Crippen LogP contribution in [0.5, 0.6) is 0 Å². The SMILES string of the molecule is CN(C[C@@H](CCN1CCC2(CC1)CN(S(C)(=O)=O)c1ccccc12)c1ccc(Cl)c(Cl)c1)C(=O)Cc1cccc(C(F)(F)F)c1. The molecule has 2 aliphatic rings. The standard InChI is InChI=1S/C33H36Cl2F3N3O3S/c1-39(31(42)19-23-6-5-7-26(18-23)33(36,37)38)21-25(24-10-11-28(34)29(35)20-24)12-15-40-16-13-32(14-17-40)22-41(45(2,43)44)30-9-4-3-8-27(30)32/h3-11,18,20,25H,12-17,19,21-22H2,1-2H3/t25-/m1/s1. The predicted octanol–water partition coefficient (Wildman–Crippen LogP) is 7.00. The number of likely N-dealkylation sites (tertiary alicyclic amines) is 1. The fourth-order valence-electron chi connectivity index (χ4n) is 6.58. The Kier molecular flexibility index (Phi) is 9.80. The normalized spacial score (nSPS) is 17.4. The maximum Gasteiger partial charge on any atom is 0.416 e. The molecule has 5 rings (SSSR count). The van der Waals surface area contributed by atoms with Gasteiger partial charge in [-0.1, -0.05) is 65.7 Å². The lowest BCUT2D eigenvalue weighted by Gasteiger charge is -2.40. The summed E-state index contributed by atoms with van der Waals surface area (Å²) in [7, 11) is -1.73. The van der Waals surface area contributed by atoms with Gasteiger partial charge in [-0.2, -0.15) is 13.2 Å². The number of piperidine rings is 1. The first-order valence-electron chi connectivity index (χ1n) is 14.8. The minimum Gasteiger partial charge on any atom is -0.345 e. The van der Waals surface area contributed by atoms with Crippen molar-refractivity contribution in [1.29, 1.82) is 0 Å². The van der Waals surface area contributed by atoms with E-state index in [2.05, 4.69) is 4.90 Å². The number of fused-ring (bicyclic) bond motifs is 2. The lowest BCUT2D eigenvalue weighted by molar-refractivity contribution is -0.137. The summed E-state index contributed by atoms with van der Waals surface area (Å²) < 4.78 is 66.2. The highest BCUT2D eigenvalue weighted by Gasteiger charge is 2.46. The third kappa shape index (κ3) is 7.62. The van der Waals surface area contributed by atoms with Gasteiger partial charge in [-0.15, -0.1) is 0 Å². The maximum atomic E-state index is 13.2. The van der Waals surface area contributed by atoms with Crippen molar-refractivity contribution in [2.24, 2.45) is 0 Å². The molecule has 0 N–H and O–H groups in total. The van der Waals surface area contributed by atoms with Gasteiger partial charge in [-0.05, 0) is 79.9 Å². The van der Waals surface area contributed by atoms with Gasteiger partial charge in [-0.25, -0.2) is 8.42 Å². The van der Waals surface area contributed by atoms with Crippen LogP contribution in [0.25, 0.3) is 0 Å². The second-order valence-electron chi connectivity index (χ2n) is 12.2. The molecule has 45 heavy (non-hydrogen) atoms. The topological polar surface area (TPSA) is 60.9 Å². The number of carbonyl (C=O) groups is 1. The van der Waals surface area contributed by atoms with Crippen LogP contribution < -0.4 is 4.31 Å². The van der Waals surface area contributed by atoms with Crippen molar-refractivity contribution in [2.75, 3.05) is 50.3 Å². The van der Waals surface area contributed by atoms with Crippen LogP contribution in [-0.2, 0) is 32.8 Å². The van der Waals surface area contributed by atoms with E-state index < -0.39 is 21.8 Å². The Morgan fingerprint density at radius 3 is 2.38 bits per heavy atom. The van der Waals surface area contributed by atoms with Crippen LogP contribution in [0.15, 0.2) is 66.7 Å². The number of alkyl halides is 3. The molecule has 1 saturated heterocycles. The number of halogens is 5. The molecule has 2 aliphatic heterocycles. The Bertz CT molecular complexity index is 1660. The summed E-state index contributed by atoms with van der Waals surface area (Å²) in [6, 6.07) is 18.0. The van der Waals surface area contributed by atoms with E-state index in [-0.39, 0.29) is 23.7 Å². The van der Waals surface area contributed by atoms with Gasteiger partial charge in [0.25, 0.3) is 0 Å². The number of sulfonamides is 1. The molecule has 242 valence electrons. The molecule has 2 heterocycles. The number of hydrogen-bond donors (Lipinski definition) is 0. The number of anilines is 1.